The molecule has 1 aliphatic heterocycles. The number of nitrogens with one attached hydrogen (secondary N) is 1. The van der Waals surface area contributed by atoms with Crippen molar-refractivity contribution in [3.63, 3.8) is 0 Å². The number of amides is 2. The lowest BCUT2D eigenvalue weighted by atomic mass is 10.1. The van der Waals surface area contributed by atoms with Crippen LogP contribution in [0.2, 0.25) is 10.0 Å². The van der Waals surface area contributed by atoms with Crippen molar-refractivity contribution >= 4 is 57.2 Å². The van der Waals surface area contributed by atoms with Crippen molar-refractivity contribution in [2.75, 3.05) is 16.8 Å². The summed E-state index contributed by atoms with van der Waals surface area (Å²) in [5.74, 6) is -0.806. The summed E-state index contributed by atoms with van der Waals surface area (Å²) >= 11 is 13.5. The van der Waals surface area contributed by atoms with Gasteiger partial charge in [-0.25, -0.2) is 4.98 Å². The van der Waals surface area contributed by atoms with Gasteiger partial charge in [0, 0.05) is 29.1 Å². The number of halogens is 2. The lowest BCUT2D eigenvalue weighted by molar-refractivity contribution is -0.122. The number of hydrogen-bond donors (Lipinski definition) is 1. The van der Waals surface area contributed by atoms with Crippen LogP contribution in [0.1, 0.15) is 11.3 Å². The highest BCUT2D eigenvalue weighted by Gasteiger charge is 2.36. The number of rotatable bonds is 3. The summed E-state index contributed by atoms with van der Waals surface area (Å²) in [7, 11) is 0. The number of thiazole rings is 1. The Labute approximate surface area is 147 Å². The van der Waals surface area contributed by atoms with Gasteiger partial charge in [0.15, 0.2) is 5.13 Å². The van der Waals surface area contributed by atoms with Gasteiger partial charge in [-0.3, -0.25) is 9.59 Å². The molecule has 1 saturated heterocycles. The van der Waals surface area contributed by atoms with E-state index in [9.17, 15) is 9.59 Å². The Balaban J connectivity index is 1.74. The quantitative estimate of drug-likeness (QED) is 0.895. The third-order valence-electron chi connectivity index (χ3n) is 3.55. The second-order valence-corrected chi connectivity index (χ2v) is 7.34. The normalized spacial score (nSPS) is 17.6. The van der Waals surface area contributed by atoms with E-state index in [-0.39, 0.29) is 24.8 Å². The third-order valence-corrected chi connectivity index (χ3v) is 4.93. The number of carbonyl (C=O) groups excluding carboxylic acids is 2. The fraction of sp³-hybridized carbons (Fsp3) is 0.267. The number of hydrogen-bond acceptors (Lipinski definition) is 4. The molecule has 1 fully saturated rings. The van der Waals surface area contributed by atoms with E-state index >= 15 is 0 Å². The highest BCUT2D eigenvalue weighted by atomic mass is 35.5. The SMILES string of the molecule is Cc1cnc(NC(=O)C2CC(=O)N(c3cc(Cl)ccc3Cl)C2)s1. The van der Waals surface area contributed by atoms with Gasteiger partial charge in [-0.05, 0) is 25.1 Å². The summed E-state index contributed by atoms with van der Waals surface area (Å²) in [6, 6.07) is 4.92. The summed E-state index contributed by atoms with van der Waals surface area (Å²) in [6.07, 6.45) is 1.83. The smallest absolute Gasteiger partial charge is 0.231 e. The Morgan fingerprint density at radius 1 is 1.43 bits per heavy atom. The van der Waals surface area contributed by atoms with Gasteiger partial charge in [0.25, 0.3) is 0 Å². The topological polar surface area (TPSA) is 62.3 Å². The van der Waals surface area contributed by atoms with Crippen LogP contribution in [0.3, 0.4) is 0 Å². The summed E-state index contributed by atoms with van der Waals surface area (Å²) in [5.41, 5.74) is 0.532. The van der Waals surface area contributed by atoms with Gasteiger partial charge in [0.1, 0.15) is 0 Å². The molecule has 0 spiro atoms. The standard InChI is InChI=1S/C15H13Cl2N3O2S/c1-8-6-18-15(23-8)19-14(22)9-4-13(21)20(7-9)12-5-10(16)2-3-11(12)17/h2-3,5-6,9H,4,7H2,1H3,(H,18,19,22). The molecule has 120 valence electrons. The van der Waals surface area contributed by atoms with Crippen molar-refractivity contribution in [1.29, 1.82) is 0 Å². The Hall–Kier alpha value is -1.63. The zero-order valence-corrected chi connectivity index (χ0v) is 14.5. The van der Waals surface area contributed by atoms with E-state index < -0.39 is 5.92 Å². The van der Waals surface area contributed by atoms with Crippen molar-refractivity contribution in [1.82, 2.24) is 4.98 Å². The van der Waals surface area contributed by atoms with Gasteiger partial charge in [0.2, 0.25) is 11.8 Å². The van der Waals surface area contributed by atoms with Crippen LogP contribution >= 0.6 is 34.5 Å². The van der Waals surface area contributed by atoms with Crippen LogP contribution in [-0.2, 0) is 9.59 Å². The minimum atomic E-state index is -0.443. The van der Waals surface area contributed by atoms with Crippen LogP contribution in [0.15, 0.2) is 24.4 Å². The Bertz CT molecular complexity index is 778. The molecule has 1 aromatic carbocycles. The molecule has 0 aliphatic carbocycles. The lowest BCUT2D eigenvalue weighted by Gasteiger charge is -2.18. The van der Waals surface area contributed by atoms with Crippen LogP contribution in [0.25, 0.3) is 0 Å². The van der Waals surface area contributed by atoms with Crippen molar-refractivity contribution in [2.24, 2.45) is 5.92 Å². The zero-order chi connectivity index (χ0) is 16.6. The van der Waals surface area contributed by atoms with E-state index in [0.29, 0.717) is 20.9 Å². The minimum Gasteiger partial charge on any atom is -0.310 e. The number of aromatic nitrogens is 1. The fourth-order valence-corrected chi connectivity index (χ4v) is 3.48. The van der Waals surface area contributed by atoms with Gasteiger partial charge >= 0.3 is 0 Å². The van der Waals surface area contributed by atoms with Gasteiger partial charge in [-0.2, -0.15) is 0 Å². The average Bonchev–Trinajstić information content (AvgIpc) is 3.08. The molecule has 0 bridgehead atoms. The van der Waals surface area contributed by atoms with Gasteiger partial charge < -0.3 is 10.2 Å². The summed E-state index contributed by atoms with van der Waals surface area (Å²) in [4.78, 5) is 31.2. The molecule has 1 unspecified atom stereocenters. The maximum absolute atomic E-state index is 12.3. The predicted molar refractivity (Wildman–Crippen MR) is 92.4 cm³/mol. The van der Waals surface area contributed by atoms with E-state index in [1.807, 2.05) is 6.92 Å². The van der Waals surface area contributed by atoms with Crippen molar-refractivity contribution in [3.8, 4) is 0 Å². The second-order valence-electron chi connectivity index (χ2n) is 5.27. The number of anilines is 2. The predicted octanol–water partition coefficient (Wildman–Crippen LogP) is 3.75. The molecule has 1 aromatic heterocycles. The van der Waals surface area contributed by atoms with Crippen LogP contribution < -0.4 is 10.2 Å². The van der Waals surface area contributed by atoms with Crippen LogP contribution in [0, 0.1) is 12.8 Å². The molecule has 3 rings (SSSR count). The Morgan fingerprint density at radius 3 is 2.91 bits per heavy atom. The van der Waals surface area contributed by atoms with Crippen LogP contribution in [-0.4, -0.2) is 23.3 Å². The highest BCUT2D eigenvalue weighted by molar-refractivity contribution is 7.15. The fourth-order valence-electron chi connectivity index (χ4n) is 2.43. The number of nitrogens with zero attached hydrogens (tertiary/aromatic N) is 2. The van der Waals surface area contributed by atoms with Crippen LogP contribution in [0.5, 0.6) is 0 Å². The average molecular weight is 370 g/mol. The first-order valence-corrected chi connectivity index (χ1v) is 8.50. The molecule has 2 aromatic rings. The number of benzene rings is 1. The van der Waals surface area contributed by atoms with Crippen LogP contribution in [0.4, 0.5) is 10.8 Å². The van der Waals surface area contributed by atoms with Gasteiger partial charge in [-0.1, -0.05) is 23.2 Å². The molecule has 1 N–H and O–H groups in total. The highest BCUT2D eigenvalue weighted by Crippen LogP contribution is 2.33. The summed E-state index contributed by atoms with van der Waals surface area (Å²) < 4.78 is 0. The van der Waals surface area contributed by atoms with Gasteiger partial charge in [0.05, 0.1) is 16.6 Å². The van der Waals surface area contributed by atoms with Crippen molar-refractivity contribution < 1.29 is 9.59 Å². The molecular weight excluding hydrogens is 357 g/mol. The van der Waals surface area contributed by atoms with E-state index in [2.05, 4.69) is 10.3 Å². The first-order valence-electron chi connectivity index (χ1n) is 6.93. The molecule has 0 radical (unpaired) electrons. The molecule has 2 heterocycles. The number of carbonyl (C=O) groups is 2. The number of aryl methyl sites for hydroxylation is 1. The largest absolute Gasteiger partial charge is 0.310 e. The molecular formula is C15H13Cl2N3O2S. The zero-order valence-electron chi connectivity index (χ0n) is 12.2. The molecule has 0 saturated carbocycles. The molecule has 23 heavy (non-hydrogen) atoms. The first kappa shape index (κ1) is 16.2. The summed E-state index contributed by atoms with van der Waals surface area (Å²) in [5, 5.41) is 4.21. The Morgan fingerprint density at radius 2 is 2.22 bits per heavy atom. The Kier molecular flexibility index (Phi) is 4.57. The third kappa shape index (κ3) is 3.49. The van der Waals surface area contributed by atoms with E-state index in [0.717, 1.165) is 4.88 Å². The maximum Gasteiger partial charge on any atom is 0.231 e. The molecule has 2 amide bonds. The molecule has 5 nitrogen and oxygen atoms in total. The lowest BCUT2D eigenvalue weighted by Crippen LogP contribution is -2.28. The van der Waals surface area contributed by atoms with Crippen molar-refractivity contribution in [3.05, 3.63) is 39.3 Å². The van der Waals surface area contributed by atoms with E-state index in [4.69, 9.17) is 23.2 Å². The minimum absolute atomic E-state index is 0.138. The first-order chi connectivity index (χ1) is 10.9. The van der Waals surface area contributed by atoms with E-state index in [1.165, 1.54) is 16.2 Å². The summed E-state index contributed by atoms with van der Waals surface area (Å²) in [6.45, 7) is 2.18. The monoisotopic (exact) mass is 369 g/mol. The molecule has 1 aliphatic rings. The maximum atomic E-state index is 12.3. The van der Waals surface area contributed by atoms with E-state index in [1.54, 1.807) is 24.4 Å². The second kappa shape index (κ2) is 6.47. The molecule has 1 atom stereocenters. The molecule has 8 heteroatoms. The van der Waals surface area contributed by atoms with Crippen molar-refractivity contribution in [2.45, 2.75) is 13.3 Å². The van der Waals surface area contributed by atoms with Gasteiger partial charge in [-0.15, -0.1) is 11.3 Å².